The van der Waals surface area contributed by atoms with Gasteiger partial charge in [0.15, 0.2) is 0 Å². The maximum atomic E-state index is 9.65. The lowest BCUT2D eigenvalue weighted by atomic mass is 9.92. The molecular weight excluding hydrogens is 226 g/mol. The fourth-order valence-corrected chi connectivity index (χ4v) is 3.97. The molecule has 18 heavy (non-hydrogen) atoms. The fourth-order valence-electron chi connectivity index (χ4n) is 3.97. The minimum Gasteiger partial charge on any atom is -0.393 e. The maximum absolute atomic E-state index is 9.65. The summed E-state index contributed by atoms with van der Waals surface area (Å²) < 4.78 is 6.21. The van der Waals surface area contributed by atoms with E-state index in [9.17, 15) is 5.11 Å². The molecule has 0 saturated carbocycles. The normalized spacial score (nSPS) is 37.0. The first kappa shape index (κ1) is 14.3. The van der Waals surface area contributed by atoms with Gasteiger partial charge in [0.05, 0.1) is 17.3 Å². The van der Waals surface area contributed by atoms with Gasteiger partial charge < -0.3 is 9.84 Å². The molecule has 3 nitrogen and oxygen atoms in total. The molecule has 0 radical (unpaired) electrons. The Morgan fingerprint density at radius 2 is 2.00 bits per heavy atom. The molecule has 3 heteroatoms. The van der Waals surface area contributed by atoms with Crippen LogP contribution in [0.2, 0.25) is 0 Å². The largest absolute Gasteiger partial charge is 0.393 e. The second kappa shape index (κ2) is 4.77. The zero-order valence-corrected chi connectivity index (χ0v) is 12.6. The molecule has 2 saturated heterocycles. The second-order valence-corrected chi connectivity index (χ2v) is 7.30. The molecule has 2 aliphatic heterocycles. The Kier molecular flexibility index (Phi) is 3.79. The second-order valence-electron chi connectivity index (χ2n) is 7.30. The molecule has 0 aliphatic carbocycles. The summed E-state index contributed by atoms with van der Waals surface area (Å²) in [4.78, 5) is 2.60. The number of hydrogen-bond acceptors (Lipinski definition) is 3. The highest BCUT2D eigenvalue weighted by molar-refractivity contribution is 5.02. The zero-order valence-electron chi connectivity index (χ0n) is 12.6. The van der Waals surface area contributed by atoms with Crippen molar-refractivity contribution in [2.75, 3.05) is 6.54 Å². The highest BCUT2D eigenvalue weighted by Crippen LogP contribution is 2.42. The van der Waals surface area contributed by atoms with Gasteiger partial charge >= 0.3 is 0 Å². The third kappa shape index (κ3) is 2.89. The molecule has 3 unspecified atom stereocenters. The predicted molar refractivity (Wildman–Crippen MR) is 73.7 cm³/mol. The fraction of sp³-hybridized carbons (Fsp3) is 1.00. The van der Waals surface area contributed by atoms with Crippen LogP contribution in [0.5, 0.6) is 0 Å². The Hall–Kier alpha value is -0.120. The first-order valence-corrected chi connectivity index (χ1v) is 7.35. The van der Waals surface area contributed by atoms with Crippen molar-refractivity contribution in [3.05, 3.63) is 0 Å². The van der Waals surface area contributed by atoms with E-state index in [2.05, 4.69) is 32.6 Å². The maximum Gasteiger partial charge on any atom is 0.0789 e. The van der Waals surface area contributed by atoms with Crippen molar-refractivity contribution in [2.45, 2.75) is 89.7 Å². The summed E-state index contributed by atoms with van der Waals surface area (Å²) in [6.07, 6.45) is 4.26. The van der Waals surface area contributed by atoms with Crippen LogP contribution in [0.15, 0.2) is 0 Å². The van der Waals surface area contributed by atoms with Crippen LogP contribution >= 0.6 is 0 Å². The van der Waals surface area contributed by atoms with Gasteiger partial charge in [-0.1, -0.05) is 0 Å². The van der Waals surface area contributed by atoms with E-state index in [1.807, 2.05) is 6.92 Å². The number of ether oxygens (including phenoxy) is 1. The third-order valence-electron chi connectivity index (χ3n) is 4.46. The van der Waals surface area contributed by atoms with Gasteiger partial charge in [0, 0.05) is 12.1 Å². The van der Waals surface area contributed by atoms with Gasteiger partial charge in [0.2, 0.25) is 0 Å². The Balaban J connectivity index is 2.10. The summed E-state index contributed by atoms with van der Waals surface area (Å²) in [6.45, 7) is 11.9. The summed E-state index contributed by atoms with van der Waals surface area (Å²) in [5.41, 5.74) is -0.100. The molecule has 106 valence electrons. The Labute approximate surface area is 112 Å². The number of aliphatic hydroxyl groups is 1. The van der Waals surface area contributed by atoms with Gasteiger partial charge in [0.1, 0.15) is 0 Å². The summed E-state index contributed by atoms with van der Waals surface area (Å²) in [5, 5.41) is 9.65. The topological polar surface area (TPSA) is 32.7 Å². The van der Waals surface area contributed by atoms with E-state index >= 15 is 0 Å². The molecular formula is C15H29NO2. The minimum atomic E-state index is -0.200. The van der Waals surface area contributed by atoms with Gasteiger partial charge in [-0.25, -0.2) is 0 Å². The smallest absolute Gasteiger partial charge is 0.0789 e. The number of hydrogen-bond donors (Lipinski definition) is 1. The Bertz CT molecular complexity index is 299. The number of aliphatic hydroxyl groups excluding tert-OH is 1. The number of rotatable bonds is 3. The molecule has 3 atom stereocenters. The molecule has 1 N–H and O–H groups in total. The van der Waals surface area contributed by atoms with E-state index in [-0.39, 0.29) is 17.3 Å². The van der Waals surface area contributed by atoms with Crippen molar-refractivity contribution in [1.82, 2.24) is 4.90 Å². The molecule has 0 spiro atoms. The molecule has 2 rings (SSSR count). The summed E-state index contributed by atoms with van der Waals surface area (Å²) >= 11 is 0. The third-order valence-corrected chi connectivity index (χ3v) is 4.46. The quantitative estimate of drug-likeness (QED) is 0.841. The lowest BCUT2D eigenvalue weighted by molar-refractivity contribution is -0.0826. The average molecular weight is 255 g/mol. The Morgan fingerprint density at radius 1 is 1.33 bits per heavy atom. The van der Waals surface area contributed by atoms with Crippen LogP contribution < -0.4 is 0 Å². The van der Waals surface area contributed by atoms with Crippen molar-refractivity contribution in [2.24, 2.45) is 0 Å². The molecule has 2 aliphatic rings. The van der Waals surface area contributed by atoms with Crippen LogP contribution in [-0.2, 0) is 4.74 Å². The van der Waals surface area contributed by atoms with Gasteiger partial charge in [-0.15, -0.1) is 0 Å². The van der Waals surface area contributed by atoms with Crippen molar-refractivity contribution in [3.8, 4) is 0 Å². The van der Waals surface area contributed by atoms with Crippen molar-refractivity contribution in [1.29, 1.82) is 0 Å². The van der Waals surface area contributed by atoms with Gasteiger partial charge in [-0.2, -0.15) is 0 Å². The van der Waals surface area contributed by atoms with Crippen LogP contribution in [0.25, 0.3) is 0 Å². The molecule has 2 fully saturated rings. The first-order chi connectivity index (χ1) is 8.21. The highest BCUT2D eigenvalue weighted by Gasteiger charge is 2.50. The van der Waals surface area contributed by atoms with E-state index < -0.39 is 0 Å². The van der Waals surface area contributed by atoms with Crippen LogP contribution in [-0.4, -0.2) is 45.9 Å². The summed E-state index contributed by atoms with van der Waals surface area (Å²) in [5.74, 6) is 0. The van der Waals surface area contributed by atoms with Crippen LogP contribution in [0.1, 0.15) is 60.3 Å². The Morgan fingerprint density at radius 3 is 2.50 bits per heavy atom. The van der Waals surface area contributed by atoms with Crippen molar-refractivity contribution < 1.29 is 9.84 Å². The lowest BCUT2D eigenvalue weighted by Gasteiger charge is -2.37. The SMILES string of the molecule is CC(O)CC1CCCN1C1CC(C)(C)OC1(C)C. The average Bonchev–Trinajstić information content (AvgIpc) is 2.66. The minimum absolute atomic E-state index is 0.0217. The molecule has 0 aromatic rings. The van der Waals surface area contributed by atoms with Crippen molar-refractivity contribution in [3.63, 3.8) is 0 Å². The molecule has 0 aromatic heterocycles. The molecule has 2 heterocycles. The van der Waals surface area contributed by atoms with E-state index in [1.165, 1.54) is 12.8 Å². The number of nitrogens with zero attached hydrogens (tertiary/aromatic N) is 1. The van der Waals surface area contributed by atoms with Gasteiger partial charge in [-0.05, 0) is 66.8 Å². The van der Waals surface area contributed by atoms with Crippen LogP contribution in [0.4, 0.5) is 0 Å². The zero-order chi connectivity index (χ0) is 13.6. The van der Waals surface area contributed by atoms with Crippen LogP contribution in [0, 0.1) is 0 Å². The van der Waals surface area contributed by atoms with Crippen molar-refractivity contribution >= 4 is 0 Å². The van der Waals surface area contributed by atoms with Crippen LogP contribution in [0.3, 0.4) is 0 Å². The van der Waals surface area contributed by atoms with E-state index in [0.717, 1.165) is 19.4 Å². The van der Waals surface area contributed by atoms with E-state index in [4.69, 9.17) is 4.74 Å². The predicted octanol–water partition coefficient (Wildman–Crippen LogP) is 2.57. The van der Waals surface area contributed by atoms with E-state index in [0.29, 0.717) is 12.1 Å². The van der Waals surface area contributed by atoms with Gasteiger partial charge in [0.25, 0.3) is 0 Å². The van der Waals surface area contributed by atoms with E-state index in [1.54, 1.807) is 0 Å². The lowest BCUT2D eigenvalue weighted by Crippen LogP contribution is -2.49. The molecule has 0 aromatic carbocycles. The summed E-state index contributed by atoms with van der Waals surface area (Å²) in [6, 6.07) is 1.02. The standard InChI is InChI=1S/C15H29NO2/c1-11(17)9-12-7-6-8-16(12)13-10-14(2,3)18-15(13,4)5/h11-13,17H,6-10H2,1-5H3. The number of likely N-dealkylation sites (tertiary alicyclic amines) is 1. The monoisotopic (exact) mass is 255 g/mol. The first-order valence-electron chi connectivity index (χ1n) is 7.35. The highest BCUT2D eigenvalue weighted by atomic mass is 16.5. The van der Waals surface area contributed by atoms with Gasteiger partial charge in [-0.3, -0.25) is 4.90 Å². The summed E-state index contributed by atoms with van der Waals surface area (Å²) in [7, 11) is 0. The molecule has 0 amide bonds. The molecule has 0 bridgehead atoms.